The third-order valence-electron chi connectivity index (χ3n) is 5.78. The van der Waals surface area contributed by atoms with Crippen LogP contribution in [0.3, 0.4) is 0 Å². The first-order chi connectivity index (χ1) is 13.9. The van der Waals surface area contributed by atoms with E-state index in [1.807, 2.05) is 36.4 Å². The van der Waals surface area contributed by atoms with E-state index < -0.39 is 5.54 Å². The standard InChI is InChI=1S/C12H11BrN2O2.C10H9BrO.V/c13-9-3-1-2-7-6-12(5-4-8(7)9)10(16)14-11(17)15-12;11-10-3-1-2-7-6-8(12)4-5-9(7)10;/h1-3H,4-6H2,(H2,14,15,16,17);1-3H,4-6H2;. The normalized spacial score (nSPS) is 21.5. The number of benzene rings is 2. The van der Waals surface area contributed by atoms with E-state index in [1.54, 1.807) is 0 Å². The Morgan fingerprint density at radius 1 is 0.833 bits per heavy atom. The van der Waals surface area contributed by atoms with E-state index in [2.05, 4.69) is 42.5 Å². The van der Waals surface area contributed by atoms with E-state index in [-0.39, 0.29) is 30.5 Å². The summed E-state index contributed by atoms with van der Waals surface area (Å²) in [7, 11) is 0. The van der Waals surface area contributed by atoms with Gasteiger partial charge in [0.25, 0.3) is 5.91 Å². The minimum absolute atomic E-state index is 0. The van der Waals surface area contributed by atoms with Gasteiger partial charge in [-0.25, -0.2) is 4.79 Å². The zero-order valence-electron chi connectivity index (χ0n) is 16.1. The summed E-state index contributed by atoms with van der Waals surface area (Å²) in [5.74, 6) is 0.161. The molecule has 1 aliphatic heterocycles. The molecular weight excluding hydrogens is 551 g/mol. The van der Waals surface area contributed by atoms with Crippen LogP contribution in [-0.4, -0.2) is 23.3 Å². The molecule has 2 aliphatic carbocycles. The fourth-order valence-corrected chi connectivity index (χ4v) is 5.45. The van der Waals surface area contributed by atoms with Gasteiger partial charge in [-0.2, -0.15) is 0 Å². The largest absolute Gasteiger partial charge is 0.323 e. The van der Waals surface area contributed by atoms with Crippen LogP contribution in [0.25, 0.3) is 0 Å². The van der Waals surface area contributed by atoms with Crippen molar-refractivity contribution in [1.82, 2.24) is 10.6 Å². The van der Waals surface area contributed by atoms with Gasteiger partial charge in [0.1, 0.15) is 11.3 Å². The van der Waals surface area contributed by atoms with Crippen molar-refractivity contribution in [2.24, 2.45) is 0 Å². The van der Waals surface area contributed by atoms with Gasteiger partial charge < -0.3 is 5.32 Å². The molecule has 1 radical (unpaired) electrons. The van der Waals surface area contributed by atoms with Gasteiger partial charge >= 0.3 is 6.03 Å². The van der Waals surface area contributed by atoms with E-state index in [1.165, 1.54) is 16.7 Å². The first kappa shape index (κ1) is 23.3. The summed E-state index contributed by atoms with van der Waals surface area (Å²) in [5, 5.41) is 5.09. The van der Waals surface area contributed by atoms with Crippen LogP contribution in [0.5, 0.6) is 0 Å². The van der Waals surface area contributed by atoms with Crippen molar-refractivity contribution in [3.63, 3.8) is 0 Å². The van der Waals surface area contributed by atoms with Crippen molar-refractivity contribution in [2.45, 2.75) is 44.1 Å². The predicted molar refractivity (Wildman–Crippen MR) is 117 cm³/mol. The molecule has 1 fully saturated rings. The number of carbonyl (C=O) groups excluding carboxylic acids is 3. The SMILES string of the molecule is O=C1CCc2c(Br)cccc2C1.O=C1NC(=O)C2(CCc3c(Br)cccc3C2)N1.[V]. The summed E-state index contributed by atoms with van der Waals surface area (Å²) in [5.41, 5.74) is 4.15. The fourth-order valence-electron chi connectivity index (χ4n) is 4.24. The number of imide groups is 1. The average molecular weight is 571 g/mol. The Balaban J connectivity index is 0.000000175. The molecular formula is C22H20Br2N2O3V. The number of hydrogen-bond donors (Lipinski definition) is 2. The molecule has 8 heteroatoms. The number of rotatable bonds is 0. The Labute approximate surface area is 203 Å². The smallest absolute Gasteiger partial charge is 0.322 e. The Bertz CT molecular complexity index is 1030. The molecule has 2 aromatic carbocycles. The van der Waals surface area contributed by atoms with Crippen LogP contribution in [0, 0.1) is 0 Å². The van der Waals surface area contributed by atoms with Gasteiger partial charge in [-0.15, -0.1) is 0 Å². The predicted octanol–water partition coefficient (Wildman–Crippen LogP) is 4.02. The molecule has 1 unspecified atom stereocenters. The summed E-state index contributed by atoms with van der Waals surface area (Å²) in [4.78, 5) is 34.2. The van der Waals surface area contributed by atoms with E-state index >= 15 is 0 Å². The number of ketones is 1. The summed E-state index contributed by atoms with van der Waals surface area (Å²) in [6.07, 6.45) is 4.24. The van der Waals surface area contributed by atoms with Crippen molar-refractivity contribution >= 4 is 49.6 Å². The molecule has 5 nitrogen and oxygen atoms in total. The number of Topliss-reactive ketones (excluding diaryl/α,β-unsaturated/α-hetero) is 1. The second-order valence-corrected chi connectivity index (χ2v) is 9.35. The fraction of sp³-hybridized carbons (Fsp3) is 0.318. The maximum atomic E-state index is 11.9. The third kappa shape index (κ3) is 4.59. The first-order valence-electron chi connectivity index (χ1n) is 9.56. The van der Waals surface area contributed by atoms with Crippen molar-refractivity contribution in [1.29, 1.82) is 0 Å². The van der Waals surface area contributed by atoms with Gasteiger partial charge in [0.05, 0.1) is 0 Å². The van der Waals surface area contributed by atoms with Gasteiger partial charge in [0.2, 0.25) is 0 Å². The van der Waals surface area contributed by atoms with Crippen molar-refractivity contribution in [2.75, 3.05) is 0 Å². The second kappa shape index (κ2) is 9.39. The van der Waals surface area contributed by atoms with Gasteiger partial charge in [-0.1, -0.05) is 56.1 Å². The van der Waals surface area contributed by atoms with E-state index in [0.29, 0.717) is 31.5 Å². The van der Waals surface area contributed by atoms with Gasteiger partial charge in [0, 0.05) is 46.8 Å². The summed E-state index contributed by atoms with van der Waals surface area (Å²) < 4.78 is 2.22. The summed E-state index contributed by atoms with van der Waals surface area (Å²) >= 11 is 7.01. The van der Waals surface area contributed by atoms with Crippen LogP contribution in [0.4, 0.5) is 4.79 Å². The van der Waals surface area contributed by atoms with Crippen LogP contribution in [0.15, 0.2) is 45.3 Å². The van der Waals surface area contributed by atoms with E-state index in [0.717, 1.165) is 27.4 Å². The molecule has 0 aromatic heterocycles. The molecule has 0 bridgehead atoms. The second-order valence-electron chi connectivity index (χ2n) is 7.64. The van der Waals surface area contributed by atoms with Gasteiger partial charge in [-0.3, -0.25) is 14.9 Å². The monoisotopic (exact) mass is 569 g/mol. The number of urea groups is 1. The molecule has 1 saturated heterocycles. The Hall–Kier alpha value is -1.41. The van der Waals surface area contributed by atoms with Crippen LogP contribution >= 0.6 is 31.9 Å². The molecule has 1 atom stereocenters. The summed E-state index contributed by atoms with van der Waals surface area (Å²) in [6.45, 7) is 0. The van der Waals surface area contributed by atoms with Crippen LogP contribution in [0.1, 0.15) is 35.1 Å². The zero-order valence-corrected chi connectivity index (χ0v) is 20.7. The average Bonchev–Trinajstić information content (AvgIpc) is 2.95. The number of hydrogen-bond acceptors (Lipinski definition) is 3. The zero-order chi connectivity index (χ0) is 20.6. The Morgan fingerprint density at radius 2 is 1.47 bits per heavy atom. The van der Waals surface area contributed by atoms with Gasteiger partial charge in [0.15, 0.2) is 0 Å². The number of amides is 3. The number of carbonyl (C=O) groups is 3. The third-order valence-corrected chi connectivity index (χ3v) is 7.27. The number of halogens is 2. The van der Waals surface area contributed by atoms with Crippen molar-refractivity contribution < 1.29 is 32.9 Å². The van der Waals surface area contributed by atoms with Gasteiger partial charge in [-0.05, 0) is 53.6 Å². The minimum Gasteiger partial charge on any atom is -0.323 e. The molecule has 2 aromatic rings. The number of fused-ring (bicyclic) bond motifs is 2. The van der Waals surface area contributed by atoms with Crippen LogP contribution in [0.2, 0.25) is 0 Å². The summed E-state index contributed by atoms with van der Waals surface area (Å²) in [6, 6.07) is 11.7. The van der Waals surface area contributed by atoms with E-state index in [9.17, 15) is 14.4 Å². The quantitative estimate of drug-likeness (QED) is 0.470. The molecule has 3 amide bonds. The molecule has 1 heterocycles. The molecule has 5 rings (SSSR count). The molecule has 1 spiro atoms. The maximum Gasteiger partial charge on any atom is 0.322 e. The molecule has 0 saturated carbocycles. The molecule has 155 valence electrons. The minimum atomic E-state index is -0.731. The maximum absolute atomic E-state index is 11.9. The molecule has 2 N–H and O–H groups in total. The Morgan fingerprint density at radius 3 is 2.10 bits per heavy atom. The molecule has 30 heavy (non-hydrogen) atoms. The molecule has 3 aliphatic rings. The van der Waals surface area contributed by atoms with Crippen LogP contribution < -0.4 is 10.6 Å². The van der Waals surface area contributed by atoms with E-state index in [4.69, 9.17) is 0 Å². The number of nitrogens with one attached hydrogen (secondary N) is 2. The van der Waals surface area contributed by atoms with Crippen molar-refractivity contribution in [3.05, 3.63) is 67.6 Å². The Kier molecular flexibility index (Phi) is 7.28. The topological polar surface area (TPSA) is 75.3 Å². The van der Waals surface area contributed by atoms with Crippen LogP contribution in [-0.2, 0) is 53.8 Å². The first-order valence-corrected chi connectivity index (χ1v) is 11.1. The van der Waals surface area contributed by atoms with Crippen molar-refractivity contribution in [3.8, 4) is 0 Å².